The minimum Gasteiger partial charge on any atom is -0.508 e. The first kappa shape index (κ1) is 11.5. The second-order valence-electron chi connectivity index (χ2n) is 3.74. The Balaban J connectivity index is 0.000000980. The molecule has 0 saturated carbocycles. The summed E-state index contributed by atoms with van der Waals surface area (Å²) < 4.78 is 0. The van der Waals surface area contributed by atoms with Crippen LogP contribution in [-0.2, 0) is 6.42 Å². The van der Waals surface area contributed by atoms with Crippen LogP contribution in [0.15, 0.2) is 18.2 Å². The van der Waals surface area contributed by atoms with Crippen LogP contribution >= 0.6 is 17.0 Å². The standard InChI is InChI=1S/C11H15NO.BrH/c1-8-7-12-5-4-9-2-3-10(13)6-11(8)9;/h2-3,6,8,12-13H,4-5,7H2,1H3;1H. The van der Waals surface area contributed by atoms with E-state index in [4.69, 9.17) is 0 Å². The lowest BCUT2D eigenvalue weighted by molar-refractivity contribution is 0.473. The van der Waals surface area contributed by atoms with E-state index >= 15 is 0 Å². The Kier molecular flexibility index (Phi) is 3.96. The van der Waals surface area contributed by atoms with Crippen molar-refractivity contribution in [1.82, 2.24) is 5.32 Å². The predicted molar refractivity (Wildman–Crippen MR) is 63.4 cm³/mol. The molecule has 0 bridgehead atoms. The molecule has 0 aliphatic carbocycles. The zero-order valence-corrected chi connectivity index (χ0v) is 10.00. The molecule has 1 aromatic rings. The molecule has 1 aliphatic heterocycles. The number of rotatable bonds is 0. The topological polar surface area (TPSA) is 32.3 Å². The number of benzene rings is 1. The molecule has 1 atom stereocenters. The molecule has 1 aromatic carbocycles. The van der Waals surface area contributed by atoms with Crippen LogP contribution in [0.1, 0.15) is 24.0 Å². The summed E-state index contributed by atoms with van der Waals surface area (Å²) >= 11 is 0. The molecule has 2 rings (SSSR count). The molecule has 1 aliphatic rings. The van der Waals surface area contributed by atoms with Gasteiger partial charge in [-0.15, -0.1) is 17.0 Å². The third kappa shape index (κ3) is 2.28. The Hall–Kier alpha value is -0.540. The number of nitrogens with one attached hydrogen (secondary N) is 1. The van der Waals surface area contributed by atoms with Crippen LogP contribution < -0.4 is 5.32 Å². The minimum absolute atomic E-state index is 0. The lowest BCUT2D eigenvalue weighted by atomic mass is 9.95. The van der Waals surface area contributed by atoms with E-state index < -0.39 is 0 Å². The number of phenols is 1. The number of fused-ring (bicyclic) bond motifs is 1. The van der Waals surface area contributed by atoms with E-state index in [0.717, 1.165) is 19.5 Å². The summed E-state index contributed by atoms with van der Waals surface area (Å²) in [5, 5.41) is 12.8. The molecule has 0 radical (unpaired) electrons. The summed E-state index contributed by atoms with van der Waals surface area (Å²) in [4.78, 5) is 0. The first-order chi connectivity index (χ1) is 6.27. The van der Waals surface area contributed by atoms with E-state index in [0.29, 0.717) is 11.7 Å². The summed E-state index contributed by atoms with van der Waals surface area (Å²) in [5.74, 6) is 0.886. The smallest absolute Gasteiger partial charge is 0.115 e. The number of phenolic OH excluding ortho intramolecular Hbond substituents is 1. The highest BCUT2D eigenvalue weighted by Crippen LogP contribution is 2.25. The fourth-order valence-corrected chi connectivity index (χ4v) is 1.92. The second kappa shape index (κ2) is 4.80. The fraction of sp³-hybridized carbons (Fsp3) is 0.455. The predicted octanol–water partition coefficient (Wildman–Crippen LogP) is 2.22. The molecular weight excluding hydrogens is 242 g/mol. The largest absolute Gasteiger partial charge is 0.508 e. The molecule has 14 heavy (non-hydrogen) atoms. The van der Waals surface area contributed by atoms with Gasteiger partial charge in [0.15, 0.2) is 0 Å². The van der Waals surface area contributed by atoms with Crippen LogP contribution in [0.5, 0.6) is 5.75 Å². The Labute approximate surface area is 95.1 Å². The Morgan fingerprint density at radius 1 is 1.43 bits per heavy atom. The summed E-state index contributed by atoms with van der Waals surface area (Å²) in [6, 6.07) is 5.71. The molecule has 3 heteroatoms. The Morgan fingerprint density at radius 2 is 2.21 bits per heavy atom. The molecule has 78 valence electrons. The van der Waals surface area contributed by atoms with Gasteiger partial charge in [0.05, 0.1) is 0 Å². The van der Waals surface area contributed by atoms with Crippen LogP contribution in [0.4, 0.5) is 0 Å². The van der Waals surface area contributed by atoms with Crippen molar-refractivity contribution >= 4 is 17.0 Å². The van der Waals surface area contributed by atoms with Gasteiger partial charge in [0.1, 0.15) is 5.75 Å². The van der Waals surface area contributed by atoms with Crippen LogP contribution in [0.25, 0.3) is 0 Å². The highest BCUT2D eigenvalue weighted by atomic mass is 79.9. The Bertz CT molecular complexity index is 314. The highest BCUT2D eigenvalue weighted by Gasteiger charge is 2.14. The van der Waals surface area contributed by atoms with Crippen LogP contribution in [0.3, 0.4) is 0 Å². The third-order valence-corrected chi connectivity index (χ3v) is 2.68. The third-order valence-electron chi connectivity index (χ3n) is 2.68. The number of hydrogen-bond acceptors (Lipinski definition) is 2. The van der Waals surface area contributed by atoms with E-state index in [-0.39, 0.29) is 17.0 Å². The van der Waals surface area contributed by atoms with E-state index in [9.17, 15) is 5.11 Å². The monoisotopic (exact) mass is 257 g/mol. The summed E-state index contributed by atoms with van der Waals surface area (Å²) in [5.41, 5.74) is 2.67. The second-order valence-corrected chi connectivity index (χ2v) is 3.74. The van der Waals surface area contributed by atoms with Gasteiger partial charge in [0.25, 0.3) is 0 Å². The maximum Gasteiger partial charge on any atom is 0.115 e. The Morgan fingerprint density at radius 3 is 3.00 bits per heavy atom. The quantitative estimate of drug-likeness (QED) is 0.747. The highest BCUT2D eigenvalue weighted by molar-refractivity contribution is 8.93. The van der Waals surface area contributed by atoms with Crippen LogP contribution in [0, 0.1) is 0 Å². The van der Waals surface area contributed by atoms with Crippen molar-refractivity contribution in [2.75, 3.05) is 13.1 Å². The molecule has 0 saturated heterocycles. The molecule has 1 unspecified atom stereocenters. The molecule has 2 N–H and O–H groups in total. The van der Waals surface area contributed by atoms with E-state index in [1.807, 2.05) is 12.1 Å². The van der Waals surface area contributed by atoms with Gasteiger partial charge in [0.2, 0.25) is 0 Å². The van der Waals surface area contributed by atoms with E-state index in [2.05, 4.69) is 12.2 Å². The van der Waals surface area contributed by atoms with Gasteiger partial charge in [-0.2, -0.15) is 0 Å². The molecule has 0 fully saturated rings. The number of aromatic hydroxyl groups is 1. The van der Waals surface area contributed by atoms with Gasteiger partial charge < -0.3 is 10.4 Å². The number of hydrogen-bond donors (Lipinski definition) is 2. The van der Waals surface area contributed by atoms with E-state index in [1.165, 1.54) is 11.1 Å². The first-order valence-corrected chi connectivity index (χ1v) is 4.80. The zero-order valence-electron chi connectivity index (χ0n) is 8.29. The summed E-state index contributed by atoms with van der Waals surface area (Å²) in [6.45, 7) is 4.25. The van der Waals surface area contributed by atoms with Gasteiger partial charge >= 0.3 is 0 Å². The maximum atomic E-state index is 9.38. The fourth-order valence-electron chi connectivity index (χ4n) is 1.92. The molecule has 0 spiro atoms. The lowest BCUT2D eigenvalue weighted by Crippen LogP contribution is -2.18. The van der Waals surface area contributed by atoms with Crippen molar-refractivity contribution in [3.05, 3.63) is 29.3 Å². The van der Waals surface area contributed by atoms with Gasteiger partial charge in [0, 0.05) is 6.54 Å². The van der Waals surface area contributed by atoms with Crippen molar-refractivity contribution in [1.29, 1.82) is 0 Å². The molecule has 0 aromatic heterocycles. The van der Waals surface area contributed by atoms with Crippen molar-refractivity contribution in [3.63, 3.8) is 0 Å². The van der Waals surface area contributed by atoms with Gasteiger partial charge in [-0.3, -0.25) is 0 Å². The van der Waals surface area contributed by atoms with Crippen molar-refractivity contribution in [2.24, 2.45) is 0 Å². The SMILES string of the molecule is Br.CC1CNCCc2ccc(O)cc21. The van der Waals surface area contributed by atoms with Gasteiger partial charge in [-0.25, -0.2) is 0 Å². The average molecular weight is 258 g/mol. The maximum absolute atomic E-state index is 9.38. The summed E-state index contributed by atoms with van der Waals surface area (Å²) in [7, 11) is 0. The lowest BCUT2D eigenvalue weighted by Gasteiger charge is -2.11. The molecule has 1 heterocycles. The number of halogens is 1. The van der Waals surface area contributed by atoms with Crippen LogP contribution in [0.2, 0.25) is 0 Å². The molecule has 0 amide bonds. The van der Waals surface area contributed by atoms with Gasteiger partial charge in [-0.05, 0) is 42.1 Å². The van der Waals surface area contributed by atoms with Crippen molar-refractivity contribution in [3.8, 4) is 5.75 Å². The van der Waals surface area contributed by atoms with E-state index in [1.54, 1.807) is 6.07 Å². The van der Waals surface area contributed by atoms with Gasteiger partial charge in [-0.1, -0.05) is 13.0 Å². The molecular formula is C11H16BrNO. The van der Waals surface area contributed by atoms with Crippen molar-refractivity contribution in [2.45, 2.75) is 19.3 Å². The average Bonchev–Trinajstić information content (AvgIpc) is 2.29. The molecule has 2 nitrogen and oxygen atoms in total. The van der Waals surface area contributed by atoms with Crippen LogP contribution in [-0.4, -0.2) is 18.2 Å². The normalized spacial score (nSPS) is 20.5. The zero-order chi connectivity index (χ0) is 9.26. The van der Waals surface area contributed by atoms with Crippen molar-refractivity contribution < 1.29 is 5.11 Å². The summed E-state index contributed by atoms with van der Waals surface area (Å²) in [6.07, 6.45) is 1.07. The minimum atomic E-state index is 0. The first-order valence-electron chi connectivity index (χ1n) is 4.80.